The molecular weight excluding hydrogens is 371 g/mol. The van der Waals surface area contributed by atoms with Crippen LogP contribution in [0.5, 0.6) is 5.75 Å². The van der Waals surface area contributed by atoms with Crippen molar-refractivity contribution < 1.29 is 18.7 Å². The van der Waals surface area contributed by atoms with Crippen LogP contribution in [0.3, 0.4) is 0 Å². The molecule has 0 bridgehead atoms. The number of ether oxygens (including phenoxy) is 2. The van der Waals surface area contributed by atoms with Crippen LogP contribution in [0, 0.1) is 5.82 Å². The average Bonchev–Trinajstić information content (AvgIpc) is 2.69. The highest BCUT2D eigenvalue weighted by Gasteiger charge is 2.39. The number of rotatable bonds is 6. The molecule has 1 aliphatic heterocycles. The Kier molecular flexibility index (Phi) is 7.59. The van der Waals surface area contributed by atoms with Crippen LogP contribution in [0.1, 0.15) is 18.4 Å². The maximum atomic E-state index is 13.6. The predicted octanol–water partition coefficient (Wildman–Crippen LogP) is 3.53. The smallest absolute Gasteiger partial charge is 0.256 e. The molecule has 146 valence electrons. The van der Waals surface area contributed by atoms with Gasteiger partial charge >= 0.3 is 0 Å². The molecule has 2 N–H and O–H groups in total. The number of halogens is 2. The molecular formula is C20H24ClFN2O3. The van der Waals surface area contributed by atoms with Gasteiger partial charge in [0.15, 0.2) is 0 Å². The van der Waals surface area contributed by atoms with Crippen LogP contribution in [0.15, 0.2) is 48.5 Å². The van der Waals surface area contributed by atoms with Crippen molar-refractivity contribution in [2.45, 2.75) is 25.0 Å². The van der Waals surface area contributed by atoms with Gasteiger partial charge < -0.3 is 20.1 Å². The van der Waals surface area contributed by atoms with Crippen LogP contribution in [0.4, 0.5) is 10.1 Å². The monoisotopic (exact) mass is 394 g/mol. The number of benzene rings is 2. The Labute approximate surface area is 164 Å². The van der Waals surface area contributed by atoms with E-state index in [-0.39, 0.29) is 30.7 Å². The third-order valence-electron chi connectivity index (χ3n) is 4.68. The number of amides is 1. The summed E-state index contributed by atoms with van der Waals surface area (Å²) in [7, 11) is 1.57. The Balaban J connectivity index is 0.00000261. The molecule has 0 radical (unpaired) electrons. The lowest BCUT2D eigenvalue weighted by molar-refractivity contribution is -0.140. The van der Waals surface area contributed by atoms with E-state index in [4.69, 9.17) is 9.47 Å². The summed E-state index contributed by atoms with van der Waals surface area (Å²) < 4.78 is 24.7. The van der Waals surface area contributed by atoms with Crippen LogP contribution in [0.2, 0.25) is 0 Å². The lowest BCUT2D eigenvalue weighted by Crippen LogP contribution is -2.51. The summed E-state index contributed by atoms with van der Waals surface area (Å²) in [5, 5.41) is 6.13. The quantitative estimate of drug-likeness (QED) is 0.786. The fourth-order valence-corrected chi connectivity index (χ4v) is 3.01. The minimum atomic E-state index is -0.786. The molecule has 7 heteroatoms. The minimum Gasteiger partial charge on any atom is -0.489 e. The zero-order valence-electron chi connectivity index (χ0n) is 15.2. The summed E-state index contributed by atoms with van der Waals surface area (Å²) in [4.78, 5) is 12.6. The number of hydrogen-bond acceptors (Lipinski definition) is 4. The van der Waals surface area contributed by atoms with Gasteiger partial charge in [0.05, 0.1) is 0 Å². The second kappa shape index (κ2) is 9.69. The number of piperidine rings is 1. The van der Waals surface area contributed by atoms with Crippen LogP contribution >= 0.6 is 12.4 Å². The Hall–Kier alpha value is -2.15. The highest BCUT2D eigenvalue weighted by molar-refractivity contribution is 5.97. The first kappa shape index (κ1) is 21.2. The first-order valence-electron chi connectivity index (χ1n) is 8.66. The summed E-state index contributed by atoms with van der Waals surface area (Å²) in [5.41, 5.74) is 0.381. The molecule has 0 spiro atoms. The van der Waals surface area contributed by atoms with E-state index < -0.39 is 5.60 Å². The van der Waals surface area contributed by atoms with Gasteiger partial charge in [0, 0.05) is 18.4 Å². The van der Waals surface area contributed by atoms with E-state index in [9.17, 15) is 9.18 Å². The van der Waals surface area contributed by atoms with Gasteiger partial charge in [-0.1, -0.05) is 18.2 Å². The summed E-state index contributed by atoms with van der Waals surface area (Å²) in [6.45, 7) is 1.66. The number of methoxy groups -OCH3 is 1. The van der Waals surface area contributed by atoms with Gasteiger partial charge in [-0.05, 0) is 56.3 Å². The van der Waals surface area contributed by atoms with Gasteiger partial charge in [0.2, 0.25) is 0 Å². The lowest BCUT2D eigenvalue weighted by atomic mass is 9.91. The topological polar surface area (TPSA) is 59.6 Å². The van der Waals surface area contributed by atoms with Crippen molar-refractivity contribution in [2.24, 2.45) is 0 Å². The summed E-state index contributed by atoms with van der Waals surface area (Å²) in [5.74, 6) is 0.180. The van der Waals surface area contributed by atoms with Crippen molar-refractivity contribution in [3.8, 4) is 5.75 Å². The summed E-state index contributed by atoms with van der Waals surface area (Å²) in [6.07, 6.45) is 1.28. The lowest BCUT2D eigenvalue weighted by Gasteiger charge is -2.34. The fraction of sp³-hybridized carbons (Fsp3) is 0.350. The standard InChI is InChI=1S/C20H23FN2O3.ClH/c1-25-20(10-12-22-13-11-20)19(24)23-16-6-8-17(9-7-16)26-14-15-4-2-3-5-18(15)21;/h2-9,22H,10-14H2,1H3,(H,23,24);1H. The summed E-state index contributed by atoms with van der Waals surface area (Å²) >= 11 is 0. The molecule has 0 unspecified atom stereocenters. The molecule has 1 heterocycles. The Bertz CT molecular complexity index is 749. The van der Waals surface area contributed by atoms with Crippen LogP contribution < -0.4 is 15.4 Å². The van der Waals surface area contributed by atoms with Crippen molar-refractivity contribution in [3.63, 3.8) is 0 Å². The number of nitrogens with one attached hydrogen (secondary N) is 2. The predicted molar refractivity (Wildman–Crippen MR) is 105 cm³/mol. The molecule has 0 atom stereocenters. The first-order valence-corrected chi connectivity index (χ1v) is 8.66. The Morgan fingerprint density at radius 3 is 2.44 bits per heavy atom. The molecule has 1 saturated heterocycles. The molecule has 0 aromatic heterocycles. The highest BCUT2D eigenvalue weighted by Crippen LogP contribution is 2.25. The summed E-state index contributed by atoms with van der Waals surface area (Å²) in [6, 6.07) is 13.5. The van der Waals surface area contributed by atoms with Gasteiger partial charge in [-0.3, -0.25) is 4.79 Å². The van der Waals surface area contributed by atoms with Gasteiger partial charge in [0.1, 0.15) is 23.8 Å². The Morgan fingerprint density at radius 2 is 1.81 bits per heavy atom. The molecule has 5 nitrogen and oxygen atoms in total. The van der Waals surface area contributed by atoms with E-state index in [1.165, 1.54) is 6.07 Å². The van der Waals surface area contributed by atoms with E-state index in [0.29, 0.717) is 29.8 Å². The molecule has 0 saturated carbocycles. The van der Waals surface area contributed by atoms with Gasteiger partial charge in [-0.25, -0.2) is 4.39 Å². The van der Waals surface area contributed by atoms with Crippen LogP contribution in [0.25, 0.3) is 0 Å². The van der Waals surface area contributed by atoms with Gasteiger partial charge in [-0.15, -0.1) is 12.4 Å². The molecule has 1 fully saturated rings. The van der Waals surface area contributed by atoms with Crippen molar-refractivity contribution >= 4 is 24.0 Å². The van der Waals surface area contributed by atoms with E-state index in [1.54, 1.807) is 49.6 Å². The SMILES string of the molecule is COC1(C(=O)Nc2ccc(OCc3ccccc3F)cc2)CCNCC1.Cl. The normalized spacial score (nSPS) is 15.5. The third-order valence-corrected chi connectivity index (χ3v) is 4.68. The zero-order chi connectivity index (χ0) is 18.4. The zero-order valence-corrected chi connectivity index (χ0v) is 16.0. The second-order valence-electron chi connectivity index (χ2n) is 6.31. The molecule has 2 aromatic rings. The van der Waals surface area contributed by atoms with Crippen LogP contribution in [-0.4, -0.2) is 31.7 Å². The number of carbonyl (C=O) groups excluding carboxylic acids is 1. The minimum absolute atomic E-state index is 0. The maximum Gasteiger partial charge on any atom is 0.256 e. The van der Waals surface area contributed by atoms with E-state index in [1.807, 2.05) is 0 Å². The van der Waals surface area contributed by atoms with E-state index in [2.05, 4.69) is 10.6 Å². The van der Waals surface area contributed by atoms with Gasteiger partial charge in [0.25, 0.3) is 5.91 Å². The third kappa shape index (κ3) is 5.19. The number of carbonyl (C=O) groups is 1. The van der Waals surface area contributed by atoms with Crippen molar-refractivity contribution in [1.29, 1.82) is 0 Å². The maximum absolute atomic E-state index is 13.6. The fourth-order valence-electron chi connectivity index (χ4n) is 3.01. The largest absolute Gasteiger partial charge is 0.489 e. The van der Waals surface area contributed by atoms with Crippen molar-refractivity contribution in [2.75, 3.05) is 25.5 Å². The average molecular weight is 395 g/mol. The molecule has 27 heavy (non-hydrogen) atoms. The van der Waals surface area contributed by atoms with Crippen molar-refractivity contribution in [1.82, 2.24) is 5.32 Å². The molecule has 0 aliphatic carbocycles. The van der Waals surface area contributed by atoms with Crippen molar-refractivity contribution in [3.05, 3.63) is 59.9 Å². The number of hydrogen-bond donors (Lipinski definition) is 2. The molecule has 1 aliphatic rings. The molecule has 3 rings (SSSR count). The Morgan fingerprint density at radius 1 is 1.15 bits per heavy atom. The second-order valence-corrected chi connectivity index (χ2v) is 6.31. The highest BCUT2D eigenvalue weighted by atomic mass is 35.5. The van der Waals surface area contributed by atoms with Crippen LogP contribution in [-0.2, 0) is 16.1 Å². The number of anilines is 1. The molecule has 2 aromatic carbocycles. The first-order chi connectivity index (χ1) is 12.6. The van der Waals surface area contributed by atoms with E-state index >= 15 is 0 Å². The van der Waals surface area contributed by atoms with E-state index in [0.717, 1.165) is 13.1 Å². The van der Waals surface area contributed by atoms with Gasteiger partial charge in [-0.2, -0.15) is 0 Å². The molecule has 1 amide bonds.